The van der Waals surface area contributed by atoms with Crippen LogP contribution in [0.25, 0.3) is 0 Å². The molecule has 56 heavy (non-hydrogen) atoms. The quantitative estimate of drug-likeness (QED) is 0.113. The number of aromatic hydroxyl groups is 1. The number of benzene rings is 3. The summed E-state index contributed by atoms with van der Waals surface area (Å²) in [5, 5.41) is 42.7. The van der Waals surface area contributed by atoms with Crippen LogP contribution in [0.1, 0.15) is 78.9 Å². The zero-order valence-corrected chi connectivity index (χ0v) is 30.9. The fraction of sp³-hybridized carbons (Fsp3) is 0.500. The Morgan fingerprint density at radius 3 is 2.57 bits per heavy atom. The number of aliphatic hydroxyl groups excluding tert-OH is 2. The number of fused-ring (bicyclic) bond motifs is 7. The van der Waals surface area contributed by atoms with Gasteiger partial charge in [-0.3, -0.25) is 9.59 Å². The van der Waals surface area contributed by atoms with Crippen molar-refractivity contribution >= 4 is 11.9 Å². The number of esters is 1. The van der Waals surface area contributed by atoms with Crippen LogP contribution in [0.15, 0.2) is 42.5 Å². The Bertz CT molecular complexity index is 1990. The molecule has 8 atom stereocenters. The highest BCUT2D eigenvalue weighted by Gasteiger charge is 2.60. The molecule has 5 aliphatic heterocycles. The van der Waals surface area contributed by atoms with Gasteiger partial charge in [0, 0.05) is 34.7 Å². The van der Waals surface area contributed by atoms with Crippen LogP contribution in [-0.2, 0) is 35.1 Å². The second-order valence-corrected chi connectivity index (χ2v) is 15.2. The number of phenols is 1. The van der Waals surface area contributed by atoms with E-state index in [9.17, 15) is 24.9 Å². The summed E-state index contributed by atoms with van der Waals surface area (Å²) in [7, 11) is 0. The van der Waals surface area contributed by atoms with E-state index >= 15 is 0 Å². The molecule has 16 nitrogen and oxygen atoms in total. The largest absolute Gasteiger partial charge is 0.508 e. The van der Waals surface area contributed by atoms with Crippen molar-refractivity contribution in [1.82, 2.24) is 0 Å². The molecule has 0 bridgehead atoms. The van der Waals surface area contributed by atoms with Crippen molar-refractivity contribution in [3.05, 3.63) is 70.3 Å². The molecule has 6 N–H and O–H groups in total. The number of carboxylic acid groups (broad SMARTS) is 1. The summed E-state index contributed by atoms with van der Waals surface area (Å²) in [5.41, 5.74) is 7.93. The van der Waals surface area contributed by atoms with E-state index in [0.717, 1.165) is 22.4 Å². The Morgan fingerprint density at radius 1 is 1.00 bits per heavy atom. The summed E-state index contributed by atoms with van der Waals surface area (Å²) in [6.45, 7) is 4.19. The van der Waals surface area contributed by atoms with Gasteiger partial charge in [0.05, 0.1) is 19.1 Å². The van der Waals surface area contributed by atoms with Crippen LogP contribution in [0.2, 0.25) is 0 Å². The number of ether oxygens (including phenoxy) is 7. The van der Waals surface area contributed by atoms with Crippen LogP contribution in [0.4, 0.5) is 0 Å². The fourth-order valence-corrected chi connectivity index (χ4v) is 8.38. The van der Waals surface area contributed by atoms with Crippen LogP contribution >= 0.6 is 0 Å². The van der Waals surface area contributed by atoms with Crippen LogP contribution in [0.5, 0.6) is 34.5 Å². The standard InChI is InChI=1S/C40H45NO15/c1-19(2)10-26-35-24(13-30-37(26)52-18-51-30)27-16-49-28-12-23-22(20-4-3-5-21(42)11-20)6-7-40(56-55-29(23)14-25(28)36(27)54-35)38(47)34(46)31(53-39(40)48-9-8-41)17-50-33(45)15-32(43)44/h3-5,11-14,19,22,27,31,34,36,38-39,42,46-47H,6-10,15-18,41H2,1-2H3,(H,43,44)/t22-,27+,31+,34+,36+,38-,39+,40+/m0/s1. The van der Waals surface area contributed by atoms with Gasteiger partial charge in [0.15, 0.2) is 29.1 Å². The molecule has 0 saturated carbocycles. The first-order valence-electron chi connectivity index (χ1n) is 18.7. The molecular weight excluding hydrogens is 734 g/mol. The van der Waals surface area contributed by atoms with Gasteiger partial charge in [0.1, 0.15) is 54.7 Å². The van der Waals surface area contributed by atoms with E-state index in [2.05, 4.69) is 13.8 Å². The van der Waals surface area contributed by atoms with Crippen molar-refractivity contribution in [2.75, 3.05) is 33.2 Å². The molecule has 3 aromatic rings. The highest BCUT2D eigenvalue weighted by atomic mass is 17.2. The molecule has 1 saturated heterocycles. The van der Waals surface area contributed by atoms with Crippen molar-refractivity contribution in [2.24, 2.45) is 11.7 Å². The summed E-state index contributed by atoms with van der Waals surface area (Å²) in [6, 6.07) is 12.4. The van der Waals surface area contributed by atoms with Crippen molar-refractivity contribution < 1.29 is 72.9 Å². The molecule has 3 aromatic carbocycles. The van der Waals surface area contributed by atoms with Crippen molar-refractivity contribution in [1.29, 1.82) is 0 Å². The van der Waals surface area contributed by atoms with E-state index < -0.39 is 67.2 Å². The Hall–Kier alpha value is -4.84. The zero-order valence-electron chi connectivity index (χ0n) is 30.9. The lowest BCUT2D eigenvalue weighted by atomic mass is 9.77. The number of carbonyl (C=O) groups is 2. The first-order chi connectivity index (χ1) is 27.0. The highest BCUT2D eigenvalue weighted by molar-refractivity contribution is 5.90. The van der Waals surface area contributed by atoms with Gasteiger partial charge < -0.3 is 64.2 Å². The minimum atomic E-state index is -1.86. The normalized spacial score (nSPS) is 28.4. The number of hydrogen-bond acceptors (Lipinski definition) is 15. The molecule has 0 aromatic heterocycles. The molecule has 1 spiro atoms. The van der Waals surface area contributed by atoms with Gasteiger partial charge >= 0.3 is 11.9 Å². The van der Waals surface area contributed by atoms with Crippen molar-refractivity contribution in [3.63, 3.8) is 0 Å². The molecule has 8 rings (SSSR count). The molecule has 0 radical (unpaired) electrons. The molecule has 1 fully saturated rings. The molecule has 0 aliphatic carbocycles. The van der Waals surface area contributed by atoms with Gasteiger partial charge in [0.25, 0.3) is 0 Å². The van der Waals surface area contributed by atoms with E-state index in [-0.39, 0.29) is 50.2 Å². The third-order valence-electron chi connectivity index (χ3n) is 11.0. The third kappa shape index (κ3) is 6.83. The van der Waals surface area contributed by atoms with Gasteiger partial charge in [0.2, 0.25) is 6.79 Å². The van der Waals surface area contributed by atoms with E-state index in [0.29, 0.717) is 47.3 Å². The lowest BCUT2D eigenvalue weighted by molar-refractivity contribution is -0.422. The molecule has 5 aliphatic rings. The van der Waals surface area contributed by atoms with E-state index in [1.807, 2.05) is 18.2 Å². The number of carbonyl (C=O) groups excluding carboxylic acids is 1. The summed E-state index contributed by atoms with van der Waals surface area (Å²) < 4.78 is 42.1. The van der Waals surface area contributed by atoms with Crippen LogP contribution < -0.4 is 29.6 Å². The van der Waals surface area contributed by atoms with Crippen molar-refractivity contribution in [3.8, 4) is 34.5 Å². The summed E-state index contributed by atoms with van der Waals surface area (Å²) in [4.78, 5) is 35.4. The van der Waals surface area contributed by atoms with E-state index in [4.69, 9.17) is 53.8 Å². The van der Waals surface area contributed by atoms with Gasteiger partial charge in [-0.15, -0.1) is 0 Å². The maximum absolute atomic E-state index is 12.0. The lowest BCUT2D eigenvalue weighted by Crippen LogP contribution is -2.69. The van der Waals surface area contributed by atoms with Crippen LogP contribution in [-0.4, -0.2) is 95.7 Å². The highest BCUT2D eigenvalue weighted by Crippen LogP contribution is 2.58. The second-order valence-electron chi connectivity index (χ2n) is 15.2. The molecular formula is C40H45NO15. The third-order valence-corrected chi connectivity index (χ3v) is 11.0. The van der Waals surface area contributed by atoms with E-state index in [1.54, 1.807) is 24.3 Å². The smallest absolute Gasteiger partial charge is 0.317 e. The summed E-state index contributed by atoms with van der Waals surface area (Å²) in [5.74, 6) is 0.237. The predicted octanol–water partition coefficient (Wildman–Crippen LogP) is 3.34. The van der Waals surface area contributed by atoms with Gasteiger partial charge in [-0.25, -0.2) is 0 Å². The number of hydrogen-bond donors (Lipinski definition) is 5. The minimum Gasteiger partial charge on any atom is -0.508 e. The van der Waals surface area contributed by atoms with Gasteiger partial charge in [-0.1, -0.05) is 26.0 Å². The molecule has 0 amide bonds. The SMILES string of the molecule is CC(C)Cc1c2c(cc3c1O[C@@H]1c4cc5c(cc4OC[C@H]31)[C@H](c1cccc(O)c1)CC[C@]1(OO5)[C@H](OCCN)O[C@H](COC(=O)CC(=O)O)[C@@H](O)[C@@H]1O)OCO2. The predicted molar refractivity (Wildman–Crippen MR) is 192 cm³/mol. The number of aliphatic carboxylic acids is 1. The minimum absolute atomic E-state index is 0.000246. The molecule has 0 unspecified atom stereocenters. The first-order valence-corrected chi connectivity index (χ1v) is 18.7. The maximum atomic E-state index is 12.0. The van der Waals surface area contributed by atoms with E-state index in [1.165, 1.54) is 0 Å². The second kappa shape index (κ2) is 15.2. The topological polar surface area (TPSA) is 224 Å². The van der Waals surface area contributed by atoms with Crippen molar-refractivity contribution in [2.45, 2.75) is 87.7 Å². The van der Waals surface area contributed by atoms with Crippen LogP contribution in [0.3, 0.4) is 0 Å². The number of phenolic OH excluding ortho intramolecular Hbond substituents is 1. The monoisotopic (exact) mass is 779 g/mol. The molecule has 300 valence electrons. The number of nitrogens with two attached hydrogens (primary N) is 1. The summed E-state index contributed by atoms with van der Waals surface area (Å²) in [6.07, 6.45) is -6.52. The summed E-state index contributed by atoms with van der Waals surface area (Å²) >= 11 is 0. The Morgan fingerprint density at radius 2 is 1.80 bits per heavy atom. The lowest BCUT2D eigenvalue weighted by Gasteiger charge is -2.50. The Labute approximate surface area is 321 Å². The Balaban J connectivity index is 1.16. The number of rotatable bonds is 10. The maximum Gasteiger partial charge on any atom is 0.317 e. The average Bonchev–Trinajstić information content (AvgIpc) is 3.79. The van der Waals surface area contributed by atoms with Gasteiger partial charge in [-0.05, 0) is 61.1 Å². The first kappa shape index (κ1) is 38.1. The number of aliphatic hydroxyl groups is 2. The van der Waals surface area contributed by atoms with Crippen LogP contribution in [0, 0.1) is 5.92 Å². The Kier molecular flexibility index (Phi) is 10.4. The average molecular weight is 780 g/mol. The molecule has 16 heteroatoms. The number of carboxylic acids is 1. The van der Waals surface area contributed by atoms with Gasteiger partial charge in [-0.2, -0.15) is 4.89 Å². The molecule has 5 heterocycles. The fourth-order valence-electron chi connectivity index (χ4n) is 8.38. The zero-order chi connectivity index (χ0) is 39.3.